The van der Waals surface area contributed by atoms with E-state index in [0.717, 1.165) is 12.8 Å². The summed E-state index contributed by atoms with van der Waals surface area (Å²) < 4.78 is 5.09. The molecule has 0 rings (SSSR count). The zero-order valence-electron chi connectivity index (χ0n) is 10.3. The molecule has 1 unspecified atom stereocenters. The van der Waals surface area contributed by atoms with Crippen molar-refractivity contribution in [1.29, 1.82) is 0 Å². The Bertz CT molecular complexity index is 185. The number of esters is 1. The molecule has 0 bridgehead atoms. The summed E-state index contributed by atoms with van der Waals surface area (Å²) in [7, 11) is 0. The Morgan fingerprint density at radius 2 is 2.13 bits per heavy atom. The van der Waals surface area contributed by atoms with Gasteiger partial charge < -0.3 is 4.74 Å². The molecule has 1 atom stereocenters. The molecule has 0 aliphatic carbocycles. The Kier molecular flexibility index (Phi) is 8.06. The van der Waals surface area contributed by atoms with E-state index in [-0.39, 0.29) is 5.97 Å². The van der Waals surface area contributed by atoms with Crippen molar-refractivity contribution in [2.24, 2.45) is 11.8 Å². The van der Waals surface area contributed by atoms with Crippen LogP contribution in [0.25, 0.3) is 0 Å². The van der Waals surface area contributed by atoms with E-state index >= 15 is 0 Å². The molecule has 0 saturated heterocycles. The summed E-state index contributed by atoms with van der Waals surface area (Å²) in [5, 5.41) is 0. The molecule has 2 heteroatoms. The first-order chi connectivity index (χ1) is 7.10. The van der Waals surface area contributed by atoms with Crippen LogP contribution in [0.2, 0.25) is 0 Å². The van der Waals surface area contributed by atoms with Crippen LogP contribution in [0, 0.1) is 11.8 Å². The van der Waals surface area contributed by atoms with Crippen molar-refractivity contribution in [3.05, 3.63) is 12.7 Å². The average Bonchev–Trinajstić information content (AvgIpc) is 2.20. The van der Waals surface area contributed by atoms with E-state index in [9.17, 15) is 4.79 Å². The van der Waals surface area contributed by atoms with Crippen LogP contribution in [0.5, 0.6) is 0 Å². The van der Waals surface area contributed by atoms with Crippen LogP contribution in [0.1, 0.15) is 46.5 Å². The van der Waals surface area contributed by atoms with Crippen molar-refractivity contribution in [2.75, 3.05) is 6.61 Å². The van der Waals surface area contributed by atoms with Crippen molar-refractivity contribution in [3.63, 3.8) is 0 Å². The predicted octanol–water partition coefficient (Wildman–Crippen LogP) is 3.57. The van der Waals surface area contributed by atoms with E-state index in [0.29, 0.717) is 18.4 Å². The lowest BCUT2D eigenvalue weighted by Crippen LogP contribution is -2.15. The van der Waals surface area contributed by atoms with E-state index in [1.165, 1.54) is 18.9 Å². The van der Waals surface area contributed by atoms with Gasteiger partial charge in [-0.05, 0) is 24.7 Å². The highest BCUT2D eigenvalue weighted by molar-refractivity contribution is 5.81. The summed E-state index contributed by atoms with van der Waals surface area (Å²) in [6.07, 6.45) is 5.92. The molecule has 0 N–H and O–H groups in total. The van der Waals surface area contributed by atoms with Crippen LogP contribution in [-0.4, -0.2) is 12.6 Å². The summed E-state index contributed by atoms with van der Waals surface area (Å²) >= 11 is 0. The van der Waals surface area contributed by atoms with E-state index in [1.807, 2.05) is 0 Å². The minimum absolute atomic E-state index is 0.305. The van der Waals surface area contributed by atoms with Crippen molar-refractivity contribution in [3.8, 4) is 0 Å². The van der Waals surface area contributed by atoms with Gasteiger partial charge in [-0.1, -0.05) is 40.2 Å². The van der Waals surface area contributed by atoms with Gasteiger partial charge in [0.1, 0.15) is 0 Å². The fourth-order valence-electron chi connectivity index (χ4n) is 1.69. The average molecular weight is 212 g/mol. The minimum Gasteiger partial charge on any atom is -0.462 e. The summed E-state index contributed by atoms with van der Waals surface area (Å²) in [6, 6.07) is 0. The zero-order chi connectivity index (χ0) is 11.7. The molecule has 0 amide bonds. The molecule has 2 nitrogen and oxygen atoms in total. The van der Waals surface area contributed by atoms with Gasteiger partial charge in [-0.15, -0.1) is 0 Å². The van der Waals surface area contributed by atoms with Crippen LogP contribution in [-0.2, 0) is 9.53 Å². The molecule has 0 saturated carbocycles. The number of carbonyl (C=O) groups is 1. The number of unbranched alkanes of at least 4 members (excludes halogenated alkanes) is 1. The number of ether oxygens (including phenoxy) is 1. The fourth-order valence-corrected chi connectivity index (χ4v) is 1.69. The first-order valence-corrected chi connectivity index (χ1v) is 5.89. The largest absolute Gasteiger partial charge is 0.462 e. The van der Waals surface area contributed by atoms with Gasteiger partial charge in [-0.2, -0.15) is 0 Å². The van der Waals surface area contributed by atoms with Gasteiger partial charge in [0.05, 0.1) is 6.61 Å². The first-order valence-electron chi connectivity index (χ1n) is 5.89. The monoisotopic (exact) mass is 212 g/mol. The third-order valence-corrected chi connectivity index (χ3v) is 2.40. The molecule has 0 radical (unpaired) electrons. The van der Waals surface area contributed by atoms with Crippen LogP contribution >= 0.6 is 0 Å². The molecule has 0 aromatic rings. The molecule has 0 aliphatic heterocycles. The Labute approximate surface area is 93.7 Å². The second-order valence-electron chi connectivity index (χ2n) is 4.47. The first kappa shape index (κ1) is 14.2. The molecular formula is C13H24O2. The topological polar surface area (TPSA) is 26.3 Å². The van der Waals surface area contributed by atoms with Crippen molar-refractivity contribution >= 4 is 5.97 Å². The maximum atomic E-state index is 10.9. The molecule has 0 aromatic heterocycles. The summed E-state index contributed by atoms with van der Waals surface area (Å²) in [4.78, 5) is 10.9. The fraction of sp³-hybridized carbons (Fsp3) is 0.769. The van der Waals surface area contributed by atoms with Crippen molar-refractivity contribution < 1.29 is 9.53 Å². The van der Waals surface area contributed by atoms with Gasteiger partial charge in [0.2, 0.25) is 0 Å². The standard InChI is InChI=1S/C13H24O2/c1-5-7-8-12(9-11(3)4)10-15-13(14)6-2/h6,11-12H,2,5,7-10H2,1,3-4H3. The number of carbonyl (C=O) groups excluding carboxylic acids is 1. The van der Waals surface area contributed by atoms with Gasteiger partial charge in [0, 0.05) is 6.08 Å². The number of hydrogen-bond acceptors (Lipinski definition) is 2. The molecule has 0 aromatic carbocycles. The summed E-state index contributed by atoms with van der Waals surface area (Å²) in [5.41, 5.74) is 0. The van der Waals surface area contributed by atoms with Gasteiger partial charge in [-0.25, -0.2) is 4.79 Å². The highest BCUT2D eigenvalue weighted by Crippen LogP contribution is 2.18. The van der Waals surface area contributed by atoms with Crippen LogP contribution in [0.3, 0.4) is 0 Å². The smallest absolute Gasteiger partial charge is 0.330 e. The predicted molar refractivity (Wildman–Crippen MR) is 63.6 cm³/mol. The maximum absolute atomic E-state index is 10.9. The maximum Gasteiger partial charge on any atom is 0.330 e. The Hall–Kier alpha value is -0.790. The van der Waals surface area contributed by atoms with Crippen LogP contribution in [0.4, 0.5) is 0 Å². The SMILES string of the molecule is C=CC(=O)OCC(CCCC)CC(C)C. The van der Waals surface area contributed by atoms with Crippen LogP contribution in [0.15, 0.2) is 12.7 Å². The zero-order valence-corrected chi connectivity index (χ0v) is 10.3. The summed E-state index contributed by atoms with van der Waals surface area (Å²) in [6.45, 7) is 10.5. The Morgan fingerprint density at radius 3 is 2.60 bits per heavy atom. The highest BCUT2D eigenvalue weighted by Gasteiger charge is 2.12. The lowest BCUT2D eigenvalue weighted by Gasteiger charge is -2.18. The van der Waals surface area contributed by atoms with Gasteiger partial charge in [0.15, 0.2) is 0 Å². The quantitative estimate of drug-likeness (QED) is 0.454. The third kappa shape index (κ3) is 8.22. The van der Waals surface area contributed by atoms with Gasteiger partial charge in [0.25, 0.3) is 0 Å². The van der Waals surface area contributed by atoms with E-state index in [2.05, 4.69) is 27.4 Å². The highest BCUT2D eigenvalue weighted by atomic mass is 16.5. The molecule has 15 heavy (non-hydrogen) atoms. The van der Waals surface area contributed by atoms with E-state index in [4.69, 9.17) is 4.74 Å². The van der Waals surface area contributed by atoms with E-state index in [1.54, 1.807) is 0 Å². The second kappa shape index (κ2) is 8.51. The van der Waals surface area contributed by atoms with Gasteiger partial charge in [-0.3, -0.25) is 0 Å². The molecule has 0 spiro atoms. The molecular weight excluding hydrogens is 188 g/mol. The lowest BCUT2D eigenvalue weighted by molar-refractivity contribution is -0.139. The number of hydrogen-bond donors (Lipinski definition) is 0. The van der Waals surface area contributed by atoms with E-state index < -0.39 is 0 Å². The lowest BCUT2D eigenvalue weighted by atomic mass is 9.93. The number of rotatable bonds is 8. The third-order valence-electron chi connectivity index (χ3n) is 2.40. The van der Waals surface area contributed by atoms with Crippen molar-refractivity contribution in [2.45, 2.75) is 46.5 Å². The second-order valence-corrected chi connectivity index (χ2v) is 4.47. The molecule has 0 fully saturated rings. The van der Waals surface area contributed by atoms with Crippen LogP contribution < -0.4 is 0 Å². The van der Waals surface area contributed by atoms with Gasteiger partial charge >= 0.3 is 5.97 Å². The summed E-state index contributed by atoms with van der Waals surface area (Å²) in [5.74, 6) is 0.864. The Morgan fingerprint density at radius 1 is 1.47 bits per heavy atom. The van der Waals surface area contributed by atoms with Crippen molar-refractivity contribution in [1.82, 2.24) is 0 Å². The minimum atomic E-state index is -0.305. The molecule has 0 heterocycles. The molecule has 88 valence electrons. The normalized spacial score (nSPS) is 12.5. The Balaban J connectivity index is 3.88. The molecule has 0 aliphatic rings.